The summed E-state index contributed by atoms with van der Waals surface area (Å²) in [6, 6.07) is 6.85. The molecule has 0 bridgehead atoms. The van der Waals surface area contributed by atoms with Crippen molar-refractivity contribution < 1.29 is 13.5 Å². The number of benzene rings is 1. The van der Waals surface area contributed by atoms with E-state index in [0.717, 1.165) is 44.3 Å². The normalized spacial score (nSPS) is 23.0. The first-order valence-electron chi connectivity index (χ1n) is 7.69. The van der Waals surface area contributed by atoms with Crippen LogP contribution in [0.3, 0.4) is 0 Å². The van der Waals surface area contributed by atoms with E-state index >= 15 is 0 Å². The molecule has 0 spiro atoms. The molecule has 1 aromatic carbocycles. The maximum Gasteiger partial charge on any atom is 0.175 e. The molecule has 1 aromatic rings. The van der Waals surface area contributed by atoms with E-state index in [2.05, 4.69) is 5.32 Å². The maximum atomic E-state index is 11.4. The van der Waals surface area contributed by atoms with Crippen molar-refractivity contribution in [3.05, 3.63) is 24.3 Å². The first kappa shape index (κ1) is 16.3. The Morgan fingerprint density at radius 3 is 2.48 bits per heavy atom. The number of hydrogen-bond acceptors (Lipinski definition) is 4. The van der Waals surface area contributed by atoms with Gasteiger partial charge in [-0.1, -0.05) is 12.8 Å². The summed E-state index contributed by atoms with van der Waals surface area (Å²) in [6.45, 7) is 0.849. The van der Waals surface area contributed by atoms with Crippen LogP contribution in [-0.2, 0) is 9.84 Å². The molecule has 5 heteroatoms. The zero-order chi connectivity index (χ0) is 15.3. The number of aliphatic hydroxyl groups is 1. The van der Waals surface area contributed by atoms with Gasteiger partial charge in [0.2, 0.25) is 0 Å². The average molecular weight is 311 g/mol. The van der Waals surface area contributed by atoms with E-state index in [1.165, 1.54) is 12.7 Å². The summed E-state index contributed by atoms with van der Waals surface area (Å²) in [5.41, 5.74) is 0.937. The second kappa shape index (κ2) is 7.27. The second-order valence-electron chi connectivity index (χ2n) is 5.98. The lowest BCUT2D eigenvalue weighted by Crippen LogP contribution is -2.24. The molecule has 2 atom stereocenters. The van der Waals surface area contributed by atoms with Crippen molar-refractivity contribution in [3.8, 4) is 0 Å². The molecule has 118 valence electrons. The molecule has 0 unspecified atom stereocenters. The first-order chi connectivity index (χ1) is 9.97. The van der Waals surface area contributed by atoms with Crippen LogP contribution in [0.25, 0.3) is 0 Å². The fraction of sp³-hybridized carbons (Fsp3) is 0.625. The van der Waals surface area contributed by atoms with Crippen LogP contribution in [0.1, 0.15) is 38.5 Å². The van der Waals surface area contributed by atoms with Crippen molar-refractivity contribution in [2.45, 2.75) is 49.5 Å². The number of aliphatic hydroxyl groups excluding tert-OH is 1. The second-order valence-corrected chi connectivity index (χ2v) is 7.99. The van der Waals surface area contributed by atoms with Gasteiger partial charge in [-0.3, -0.25) is 0 Å². The molecule has 0 aromatic heterocycles. The Bertz CT molecular complexity index is 539. The van der Waals surface area contributed by atoms with Crippen LogP contribution >= 0.6 is 0 Å². The fourth-order valence-electron chi connectivity index (χ4n) is 2.94. The fourth-order valence-corrected chi connectivity index (χ4v) is 3.57. The molecule has 1 aliphatic carbocycles. The Kier molecular flexibility index (Phi) is 5.65. The lowest BCUT2D eigenvalue weighted by molar-refractivity contribution is 0.0648. The van der Waals surface area contributed by atoms with Gasteiger partial charge in [0.05, 0.1) is 11.0 Å². The zero-order valence-electron chi connectivity index (χ0n) is 12.6. The molecule has 1 saturated carbocycles. The third-order valence-electron chi connectivity index (χ3n) is 4.23. The van der Waals surface area contributed by atoms with E-state index < -0.39 is 9.84 Å². The molecule has 2 rings (SSSR count). The summed E-state index contributed by atoms with van der Waals surface area (Å²) in [4.78, 5) is 0.346. The molecule has 4 nitrogen and oxygen atoms in total. The average Bonchev–Trinajstić information content (AvgIpc) is 2.45. The van der Waals surface area contributed by atoms with Gasteiger partial charge in [0.15, 0.2) is 9.84 Å². The molecule has 0 radical (unpaired) electrons. The van der Waals surface area contributed by atoms with Crippen molar-refractivity contribution in [1.82, 2.24) is 0 Å². The van der Waals surface area contributed by atoms with Crippen molar-refractivity contribution in [3.63, 3.8) is 0 Å². The monoisotopic (exact) mass is 311 g/mol. The molecular weight excluding hydrogens is 286 g/mol. The summed E-state index contributed by atoms with van der Waals surface area (Å²) in [5.74, 6) is 0.452. The maximum absolute atomic E-state index is 11.4. The molecule has 0 aliphatic heterocycles. The molecule has 0 amide bonds. The summed E-state index contributed by atoms with van der Waals surface area (Å²) in [5, 5.41) is 13.2. The molecule has 21 heavy (non-hydrogen) atoms. The SMILES string of the molecule is CS(=O)(=O)c1ccc(NCCC[C@H]2CCCC[C@@H]2O)cc1. The predicted octanol–water partition coefficient (Wildman–Crippen LogP) is 2.83. The van der Waals surface area contributed by atoms with Crippen LogP contribution in [0.4, 0.5) is 5.69 Å². The van der Waals surface area contributed by atoms with E-state index in [-0.39, 0.29) is 6.10 Å². The highest BCUT2D eigenvalue weighted by molar-refractivity contribution is 7.90. The van der Waals surface area contributed by atoms with Gasteiger partial charge < -0.3 is 10.4 Å². The minimum absolute atomic E-state index is 0.118. The number of sulfone groups is 1. The van der Waals surface area contributed by atoms with Gasteiger partial charge in [-0.25, -0.2) is 8.42 Å². The molecular formula is C16H25NO3S. The van der Waals surface area contributed by atoms with Crippen LogP contribution < -0.4 is 5.32 Å². The Morgan fingerprint density at radius 1 is 1.19 bits per heavy atom. The van der Waals surface area contributed by atoms with Gasteiger partial charge in [-0.2, -0.15) is 0 Å². The van der Waals surface area contributed by atoms with Crippen LogP contribution in [0.2, 0.25) is 0 Å². The summed E-state index contributed by atoms with van der Waals surface area (Å²) in [7, 11) is -3.12. The standard InChI is InChI=1S/C16H25NO3S/c1-21(19,20)15-10-8-14(9-11-15)17-12-4-6-13-5-2-3-7-16(13)18/h8-11,13,16-18H,2-7,12H2,1H3/t13-,16+/m1/s1. The third-order valence-corrected chi connectivity index (χ3v) is 5.36. The van der Waals surface area contributed by atoms with Crippen molar-refractivity contribution >= 4 is 15.5 Å². The topological polar surface area (TPSA) is 66.4 Å². The summed E-state index contributed by atoms with van der Waals surface area (Å²) >= 11 is 0. The van der Waals surface area contributed by atoms with Crippen molar-refractivity contribution in [1.29, 1.82) is 0 Å². The van der Waals surface area contributed by atoms with Crippen LogP contribution in [0.15, 0.2) is 29.2 Å². The van der Waals surface area contributed by atoms with E-state index in [1.54, 1.807) is 24.3 Å². The van der Waals surface area contributed by atoms with Crippen LogP contribution in [-0.4, -0.2) is 32.4 Å². The third kappa shape index (κ3) is 5.00. The summed E-state index contributed by atoms with van der Waals surface area (Å²) < 4.78 is 22.7. The molecule has 2 N–H and O–H groups in total. The van der Waals surface area contributed by atoms with E-state index in [1.807, 2.05) is 0 Å². The highest BCUT2D eigenvalue weighted by atomic mass is 32.2. The quantitative estimate of drug-likeness (QED) is 0.793. The summed E-state index contributed by atoms with van der Waals surface area (Å²) in [6.07, 6.45) is 7.66. The Balaban J connectivity index is 1.73. The lowest BCUT2D eigenvalue weighted by atomic mass is 9.83. The van der Waals surface area contributed by atoms with E-state index in [4.69, 9.17) is 0 Å². The number of hydrogen-bond donors (Lipinski definition) is 2. The van der Waals surface area contributed by atoms with E-state index in [0.29, 0.717) is 10.8 Å². The Hall–Kier alpha value is -1.07. The van der Waals surface area contributed by atoms with Crippen molar-refractivity contribution in [2.75, 3.05) is 18.1 Å². The van der Waals surface area contributed by atoms with Crippen molar-refractivity contribution in [2.24, 2.45) is 5.92 Å². The largest absolute Gasteiger partial charge is 0.393 e. The Labute approximate surface area is 127 Å². The zero-order valence-corrected chi connectivity index (χ0v) is 13.4. The van der Waals surface area contributed by atoms with Gasteiger partial charge in [0.1, 0.15) is 0 Å². The van der Waals surface area contributed by atoms with Gasteiger partial charge >= 0.3 is 0 Å². The molecule has 0 heterocycles. The van der Waals surface area contributed by atoms with Gasteiger partial charge in [0, 0.05) is 18.5 Å². The molecule has 0 saturated heterocycles. The number of rotatable bonds is 6. The minimum atomic E-state index is -3.12. The highest BCUT2D eigenvalue weighted by Gasteiger charge is 2.22. The molecule has 1 aliphatic rings. The smallest absolute Gasteiger partial charge is 0.175 e. The first-order valence-corrected chi connectivity index (χ1v) is 9.58. The molecule has 1 fully saturated rings. The number of anilines is 1. The van der Waals surface area contributed by atoms with Gasteiger partial charge in [0.25, 0.3) is 0 Å². The lowest BCUT2D eigenvalue weighted by Gasteiger charge is -2.27. The van der Waals surface area contributed by atoms with Gasteiger partial charge in [-0.15, -0.1) is 0 Å². The van der Waals surface area contributed by atoms with E-state index in [9.17, 15) is 13.5 Å². The predicted molar refractivity (Wildman–Crippen MR) is 85.2 cm³/mol. The Morgan fingerprint density at radius 2 is 1.86 bits per heavy atom. The minimum Gasteiger partial charge on any atom is -0.393 e. The van der Waals surface area contributed by atoms with Gasteiger partial charge in [-0.05, 0) is 55.9 Å². The number of nitrogens with one attached hydrogen (secondary N) is 1. The highest BCUT2D eigenvalue weighted by Crippen LogP contribution is 2.27. The van der Waals surface area contributed by atoms with Crippen LogP contribution in [0, 0.1) is 5.92 Å². The van der Waals surface area contributed by atoms with Crippen LogP contribution in [0.5, 0.6) is 0 Å².